The van der Waals surface area contributed by atoms with Crippen molar-refractivity contribution in [3.63, 3.8) is 0 Å². The van der Waals surface area contributed by atoms with Gasteiger partial charge in [0.05, 0.1) is 17.6 Å². The normalized spacial score (nSPS) is 29.7. The zero-order valence-electron chi connectivity index (χ0n) is 9.44. The fourth-order valence-corrected chi connectivity index (χ4v) is 3.79. The minimum Gasteiger partial charge on any atom is -0.393 e. The van der Waals surface area contributed by atoms with Crippen molar-refractivity contribution in [1.29, 1.82) is 0 Å². The minimum atomic E-state index is -2.83. The Bertz CT molecular complexity index is 287. The van der Waals surface area contributed by atoms with Crippen molar-refractivity contribution in [2.24, 2.45) is 0 Å². The molecule has 0 aromatic heterocycles. The predicted molar refractivity (Wildman–Crippen MR) is 60.6 cm³/mol. The quantitative estimate of drug-likeness (QED) is 0.736. The Morgan fingerprint density at radius 3 is 2.67 bits per heavy atom. The van der Waals surface area contributed by atoms with Crippen molar-refractivity contribution < 1.29 is 13.5 Å². The first-order chi connectivity index (χ1) is 6.89. The molecule has 3 unspecified atom stereocenters. The van der Waals surface area contributed by atoms with E-state index in [1.54, 1.807) is 6.92 Å². The lowest BCUT2D eigenvalue weighted by molar-refractivity contribution is 0.168. The van der Waals surface area contributed by atoms with Crippen molar-refractivity contribution in [2.45, 2.75) is 51.3 Å². The number of aliphatic hydroxyl groups is 1. The van der Waals surface area contributed by atoms with Gasteiger partial charge in [-0.05, 0) is 33.1 Å². The number of aliphatic hydroxyl groups excluding tert-OH is 1. The van der Waals surface area contributed by atoms with E-state index in [-0.39, 0.29) is 23.9 Å². The van der Waals surface area contributed by atoms with Crippen molar-refractivity contribution >= 4 is 9.84 Å². The maximum absolute atomic E-state index is 11.4. The molecule has 1 aliphatic heterocycles. The van der Waals surface area contributed by atoms with Gasteiger partial charge < -0.3 is 10.4 Å². The molecule has 1 fully saturated rings. The summed E-state index contributed by atoms with van der Waals surface area (Å²) in [6, 6.07) is 0.237. The molecule has 0 aromatic rings. The Hall–Kier alpha value is -0.130. The van der Waals surface area contributed by atoms with Crippen LogP contribution in [0, 0.1) is 0 Å². The summed E-state index contributed by atoms with van der Waals surface area (Å²) in [7, 11) is -2.83. The maximum atomic E-state index is 11.4. The molecule has 1 rings (SSSR count). The van der Waals surface area contributed by atoms with Gasteiger partial charge in [0.15, 0.2) is 9.84 Å². The summed E-state index contributed by atoms with van der Waals surface area (Å²) < 4.78 is 22.8. The summed E-state index contributed by atoms with van der Waals surface area (Å²) in [5.74, 6) is 0.577. The van der Waals surface area contributed by atoms with Gasteiger partial charge >= 0.3 is 0 Å². The monoisotopic (exact) mass is 235 g/mol. The van der Waals surface area contributed by atoms with Crippen LogP contribution >= 0.6 is 0 Å². The second-order valence-corrected chi connectivity index (χ2v) is 6.83. The van der Waals surface area contributed by atoms with Crippen LogP contribution in [0.2, 0.25) is 0 Å². The largest absolute Gasteiger partial charge is 0.393 e. The van der Waals surface area contributed by atoms with E-state index in [2.05, 4.69) is 5.32 Å². The zero-order valence-corrected chi connectivity index (χ0v) is 10.3. The van der Waals surface area contributed by atoms with Crippen LogP contribution in [-0.4, -0.2) is 43.2 Å². The molecule has 0 spiro atoms. The van der Waals surface area contributed by atoms with E-state index in [1.165, 1.54) is 0 Å². The fourth-order valence-electron chi connectivity index (χ4n) is 2.14. The first-order valence-corrected chi connectivity index (χ1v) is 7.36. The van der Waals surface area contributed by atoms with Gasteiger partial charge in [0.1, 0.15) is 0 Å². The van der Waals surface area contributed by atoms with Crippen molar-refractivity contribution in [1.82, 2.24) is 5.32 Å². The average molecular weight is 235 g/mol. The van der Waals surface area contributed by atoms with Crippen LogP contribution in [0.25, 0.3) is 0 Å². The minimum absolute atomic E-state index is 0.0671. The first-order valence-electron chi connectivity index (χ1n) is 5.53. The summed E-state index contributed by atoms with van der Waals surface area (Å²) in [5.41, 5.74) is 0. The van der Waals surface area contributed by atoms with Crippen LogP contribution in [0.3, 0.4) is 0 Å². The number of hydrogen-bond donors (Lipinski definition) is 2. The Balaban J connectivity index is 2.38. The summed E-state index contributed by atoms with van der Waals surface area (Å²) >= 11 is 0. The van der Waals surface area contributed by atoms with Crippen molar-refractivity contribution in [2.75, 3.05) is 11.5 Å². The van der Waals surface area contributed by atoms with E-state index in [0.29, 0.717) is 12.2 Å². The molecule has 90 valence electrons. The van der Waals surface area contributed by atoms with Crippen LogP contribution in [0.1, 0.15) is 33.1 Å². The van der Waals surface area contributed by atoms with E-state index in [9.17, 15) is 13.5 Å². The van der Waals surface area contributed by atoms with Gasteiger partial charge in [-0.2, -0.15) is 0 Å². The number of rotatable bonds is 4. The molecule has 0 aliphatic carbocycles. The molecular weight excluding hydrogens is 214 g/mol. The van der Waals surface area contributed by atoms with Gasteiger partial charge in [-0.3, -0.25) is 0 Å². The second kappa shape index (κ2) is 5.27. The zero-order chi connectivity index (χ0) is 11.5. The smallest absolute Gasteiger partial charge is 0.151 e. The summed E-state index contributed by atoms with van der Waals surface area (Å²) in [4.78, 5) is 0. The third-order valence-corrected chi connectivity index (χ3v) is 4.50. The molecule has 0 bridgehead atoms. The van der Waals surface area contributed by atoms with Crippen LogP contribution in [-0.2, 0) is 9.84 Å². The third-order valence-electron chi connectivity index (χ3n) is 2.68. The molecule has 1 aliphatic rings. The highest BCUT2D eigenvalue weighted by atomic mass is 32.2. The first kappa shape index (κ1) is 12.9. The Labute approximate surface area is 92.0 Å². The van der Waals surface area contributed by atoms with Crippen LogP contribution in [0.5, 0.6) is 0 Å². The standard InChI is InChI=1S/C10H21NO3S/c1-8(6-9(2)12)11-10-4-3-5-15(13,14)7-10/h8-12H,3-7H2,1-2H3. The summed E-state index contributed by atoms with van der Waals surface area (Å²) in [5, 5.41) is 12.5. The van der Waals surface area contributed by atoms with Gasteiger partial charge in [-0.15, -0.1) is 0 Å². The molecule has 2 N–H and O–H groups in total. The summed E-state index contributed by atoms with van der Waals surface area (Å²) in [6.07, 6.45) is 1.99. The van der Waals surface area contributed by atoms with Crippen LogP contribution in [0.15, 0.2) is 0 Å². The molecule has 4 nitrogen and oxygen atoms in total. The lowest BCUT2D eigenvalue weighted by atomic mass is 10.1. The molecule has 15 heavy (non-hydrogen) atoms. The predicted octanol–water partition coefficient (Wildman–Crippen LogP) is 0.313. The Kier molecular flexibility index (Phi) is 4.55. The Morgan fingerprint density at radius 1 is 1.47 bits per heavy atom. The molecule has 1 saturated heterocycles. The van der Waals surface area contributed by atoms with Crippen LogP contribution in [0.4, 0.5) is 0 Å². The lowest BCUT2D eigenvalue weighted by Gasteiger charge is -2.27. The lowest BCUT2D eigenvalue weighted by Crippen LogP contribution is -2.45. The number of nitrogens with one attached hydrogen (secondary N) is 1. The average Bonchev–Trinajstić information content (AvgIpc) is 1.99. The number of sulfone groups is 1. The Morgan fingerprint density at radius 2 is 2.13 bits per heavy atom. The highest BCUT2D eigenvalue weighted by Crippen LogP contribution is 2.13. The third kappa shape index (κ3) is 4.95. The van der Waals surface area contributed by atoms with Crippen molar-refractivity contribution in [3.05, 3.63) is 0 Å². The molecule has 5 heteroatoms. The van der Waals surface area contributed by atoms with E-state index in [4.69, 9.17) is 0 Å². The highest BCUT2D eigenvalue weighted by molar-refractivity contribution is 7.91. The van der Waals surface area contributed by atoms with Gasteiger partial charge in [-0.25, -0.2) is 8.42 Å². The van der Waals surface area contributed by atoms with E-state index >= 15 is 0 Å². The molecule has 0 amide bonds. The van der Waals surface area contributed by atoms with Gasteiger partial charge in [0, 0.05) is 12.1 Å². The SMILES string of the molecule is CC(O)CC(C)NC1CCCS(=O)(=O)C1. The highest BCUT2D eigenvalue weighted by Gasteiger charge is 2.25. The number of hydrogen-bond acceptors (Lipinski definition) is 4. The van der Waals surface area contributed by atoms with Crippen molar-refractivity contribution in [3.8, 4) is 0 Å². The molecule has 3 atom stereocenters. The summed E-state index contributed by atoms with van der Waals surface area (Å²) in [6.45, 7) is 3.73. The van der Waals surface area contributed by atoms with E-state index in [1.807, 2.05) is 6.92 Å². The van der Waals surface area contributed by atoms with Crippen LogP contribution < -0.4 is 5.32 Å². The van der Waals surface area contributed by atoms with Gasteiger partial charge in [0.25, 0.3) is 0 Å². The molecule has 1 heterocycles. The molecular formula is C10H21NO3S. The maximum Gasteiger partial charge on any atom is 0.151 e. The van der Waals surface area contributed by atoms with Gasteiger partial charge in [0.2, 0.25) is 0 Å². The topological polar surface area (TPSA) is 66.4 Å². The molecule has 0 saturated carbocycles. The molecule has 0 aromatic carbocycles. The second-order valence-electron chi connectivity index (χ2n) is 4.61. The molecule has 0 radical (unpaired) electrons. The van der Waals surface area contributed by atoms with E-state index in [0.717, 1.165) is 12.8 Å². The van der Waals surface area contributed by atoms with E-state index < -0.39 is 9.84 Å². The van der Waals surface area contributed by atoms with Gasteiger partial charge in [-0.1, -0.05) is 0 Å². The fraction of sp³-hybridized carbons (Fsp3) is 1.00.